The summed E-state index contributed by atoms with van der Waals surface area (Å²) in [5.74, 6) is -0.485. The molecule has 0 radical (unpaired) electrons. The number of ether oxygens (including phenoxy) is 2. The highest BCUT2D eigenvalue weighted by Gasteiger charge is 2.52. The number of likely N-dealkylation sites (N-methyl/N-ethyl adjacent to an activating group) is 1. The lowest BCUT2D eigenvalue weighted by atomic mass is 10.0. The summed E-state index contributed by atoms with van der Waals surface area (Å²) in [7, 11) is -4.24. The number of amides is 1. The van der Waals surface area contributed by atoms with Crippen molar-refractivity contribution in [3.8, 4) is 5.75 Å². The summed E-state index contributed by atoms with van der Waals surface area (Å²) in [5, 5.41) is 2.44. The number of para-hydroxylation sites is 1. The number of nitrogens with zero attached hydrogens (tertiary/aromatic N) is 1. The van der Waals surface area contributed by atoms with Crippen LogP contribution >= 0.6 is 11.3 Å². The second-order valence-electron chi connectivity index (χ2n) is 10.4. The molecular formula is C31H33N3O7S2. The molecule has 4 aromatic rings. The minimum absolute atomic E-state index is 0.0477. The Morgan fingerprint density at radius 1 is 1.07 bits per heavy atom. The standard InChI is InChI=1S/C31H33N3O7S2/c1-3-34(19-22-8-7-17-42-22)29(36)28(33-43(38,39)23-12-13-25-21(18-23)11-14-27(35)32-25)24-9-5-6-10-26(24)41-20-31(15-16-31)30(37)40-4-2/h5-14,17-18,28,33H,3-4,15-16,19-20H2,1-2H3,(H,32,35)/t28-/m0/s1. The predicted octanol–water partition coefficient (Wildman–Crippen LogP) is 4.38. The van der Waals surface area contributed by atoms with Gasteiger partial charge in [-0.1, -0.05) is 24.3 Å². The van der Waals surface area contributed by atoms with Gasteiger partial charge in [0.25, 0.3) is 0 Å². The van der Waals surface area contributed by atoms with E-state index in [-0.39, 0.29) is 29.6 Å². The predicted molar refractivity (Wildman–Crippen MR) is 163 cm³/mol. The highest BCUT2D eigenvalue weighted by atomic mass is 32.2. The molecule has 1 amide bonds. The third-order valence-electron chi connectivity index (χ3n) is 7.44. The smallest absolute Gasteiger partial charge is 0.315 e. The number of nitrogens with one attached hydrogen (secondary N) is 2. The maximum atomic E-state index is 14.2. The van der Waals surface area contributed by atoms with Gasteiger partial charge in [-0.15, -0.1) is 11.3 Å². The van der Waals surface area contributed by atoms with E-state index in [2.05, 4.69) is 9.71 Å². The van der Waals surface area contributed by atoms with Crippen LogP contribution in [0.2, 0.25) is 0 Å². The number of hydrogen-bond acceptors (Lipinski definition) is 8. The molecule has 5 rings (SSSR count). The number of fused-ring (bicyclic) bond motifs is 1. The van der Waals surface area contributed by atoms with E-state index in [1.54, 1.807) is 36.1 Å². The summed E-state index contributed by atoms with van der Waals surface area (Å²) in [6.07, 6.45) is 1.25. The fraction of sp³-hybridized carbons (Fsp3) is 0.323. The van der Waals surface area contributed by atoms with Crippen molar-refractivity contribution in [3.05, 3.63) is 92.9 Å². The van der Waals surface area contributed by atoms with E-state index in [0.29, 0.717) is 48.1 Å². The fourth-order valence-corrected chi connectivity index (χ4v) is 6.72. The van der Waals surface area contributed by atoms with E-state index < -0.39 is 27.4 Å². The second kappa shape index (κ2) is 12.7. The maximum Gasteiger partial charge on any atom is 0.315 e. The molecule has 0 aliphatic heterocycles. The molecule has 0 saturated heterocycles. The Morgan fingerprint density at radius 3 is 2.56 bits per heavy atom. The number of aromatic nitrogens is 1. The highest BCUT2D eigenvalue weighted by Crippen LogP contribution is 2.47. The molecular weight excluding hydrogens is 590 g/mol. The van der Waals surface area contributed by atoms with Gasteiger partial charge in [0.1, 0.15) is 23.8 Å². The molecule has 0 unspecified atom stereocenters. The van der Waals surface area contributed by atoms with Crippen LogP contribution in [0.25, 0.3) is 10.9 Å². The molecule has 12 heteroatoms. The van der Waals surface area contributed by atoms with Gasteiger partial charge in [0.15, 0.2) is 0 Å². The SMILES string of the molecule is CCOC(=O)C1(COc2ccccc2[C@H](NS(=O)(=O)c2ccc3[nH]c(=O)ccc3c2)C(=O)N(CC)Cc2cccs2)CC1. The summed E-state index contributed by atoms with van der Waals surface area (Å²) >= 11 is 1.50. The number of esters is 1. The number of thiophene rings is 1. The van der Waals surface area contributed by atoms with Crippen LogP contribution in [0.1, 0.15) is 43.2 Å². The number of carbonyl (C=O) groups excluding carboxylic acids is 2. The van der Waals surface area contributed by atoms with Crippen molar-refractivity contribution in [1.82, 2.24) is 14.6 Å². The lowest BCUT2D eigenvalue weighted by molar-refractivity contribution is -0.151. The topological polar surface area (TPSA) is 135 Å². The Bertz CT molecular complexity index is 1780. The van der Waals surface area contributed by atoms with Crippen LogP contribution in [-0.2, 0) is 30.9 Å². The van der Waals surface area contributed by atoms with Gasteiger partial charge in [0, 0.05) is 28.6 Å². The summed E-state index contributed by atoms with van der Waals surface area (Å²) in [4.78, 5) is 43.5. The molecule has 1 aliphatic carbocycles. The van der Waals surface area contributed by atoms with Crippen LogP contribution in [0, 0.1) is 5.41 Å². The molecule has 2 aromatic heterocycles. The fourth-order valence-electron chi connectivity index (χ4n) is 4.80. The van der Waals surface area contributed by atoms with Crippen molar-refractivity contribution < 1.29 is 27.5 Å². The number of benzene rings is 2. The van der Waals surface area contributed by atoms with Gasteiger partial charge in [-0.3, -0.25) is 14.4 Å². The second-order valence-corrected chi connectivity index (χ2v) is 13.1. The quantitative estimate of drug-likeness (QED) is 0.211. The molecule has 1 atom stereocenters. The average molecular weight is 624 g/mol. The molecule has 10 nitrogen and oxygen atoms in total. The lowest BCUT2D eigenvalue weighted by Gasteiger charge is -2.28. The number of aromatic amines is 1. The van der Waals surface area contributed by atoms with Crippen LogP contribution < -0.4 is 15.0 Å². The van der Waals surface area contributed by atoms with Crippen LogP contribution in [0.4, 0.5) is 0 Å². The molecule has 2 aromatic carbocycles. The minimum atomic E-state index is -4.24. The summed E-state index contributed by atoms with van der Waals surface area (Å²) in [6, 6.07) is 16.4. The Hall–Kier alpha value is -4.00. The molecule has 0 bridgehead atoms. The molecule has 2 heterocycles. The summed E-state index contributed by atoms with van der Waals surface area (Å²) < 4.78 is 41.6. The Kier molecular flexibility index (Phi) is 9.00. The third-order valence-corrected chi connectivity index (χ3v) is 9.72. The van der Waals surface area contributed by atoms with Crippen molar-refractivity contribution >= 4 is 44.1 Å². The van der Waals surface area contributed by atoms with Gasteiger partial charge in [0.05, 0.1) is 18.0 Å². The molecule has 1 aliphatic rings. The van der Waals surface area contributed by atoms with E-state index in [4.69, 9.17) is 9.47 Å². The van der Waals surface area contributed by atoms with Gasteiger partial charge in [-0.2, -0.15) is 4.72 Å². The van der Waals surface area contributed by atoms with Crippen LogP contribution in [-0.4, -0.2) is 49.9 Å². The molecule has 226 valence electrons. The van der Waals surface area contributed by atoms with E-state index in [1.807, 2.05) is 24.4 Å². The zero-order chi connectivity index (χ0) is 30.6. The Morgan fingerprint density at radius 2 is 1.86 bits per heavy atom. The van der Waals surface area contributed by atoms with Crippen molar-refractivity contribution in [2.75, 3.05) is 19.8 Å². The van der Waals surface area contributed by atoms with Gasteiger partial charge >= 0.3 is 5.97 Å². The summed E-state index contributed by atoms with van der Waals surface area (Å²) in [5.41, 5.74) is -0.236. The van der Waals surface area contributed by atoms with E-state index >= 15 is 0 Å². The highest BCUT2D eigenvalue weighted by molar-refractivity contribution is 7.89. The van der Waals surface area contributed by atoms with E-state index in [0.717, 1.165) is 4.88 Å². The van der Waals surface area contributed by atoms with Crippen LogP contribution in [0.5, 0.6) is 5.75 Å². The van der Waals surface area contributed by atoms with Crippen LogP contribution in [0.15, 0.2) is 81.8 Å². The zero-order valence-electron chi connectivity index (χ0n) is 23.9. The van der Waals surface area contributed by atoms with Crippen molar-refractivity contribution in [3.63, 3.8) is 0 Å². The summed E-state index contributed by atoms with van der Waals surface area (Å²) in [6.45, 7) is 4.54. The van der Waals surface area contributed by atoms with Gasteiger partial charge < -0.3 is 19.4 Å². The monoisotopic (exact) mass is 623 g/mol. The van der Waals surface area contributed by atoms with Gasteiger partial charge in [-0.05, 0) is 73.9 Å². The van der Waals surface area contributed by atoms with Crippen molar-refractivity contribution in [2.45, 2.75) is 44.2 Å². The van der Waals surface area contributed by atoms with E-state index in [1.165, 1.54) is 41.7 Å². The number of carbonyl (C=O) groups is 2. The first-order chi connectivity index (χ1) is 20.7. The van der Waals surface area contributed by atoms with Crippen LogP contribution in [0.3, 0.4) is 0 Å². The zero-order valence-corrected chi connectivity index (χ0v) is 25.5. The van der Waals surface area contributed by atoms with E-state index in [9.17, 15) is 22.8 Å². The number of hydrogen-bond donors (Lipinski definition) is 2. The molecule has 1 saturated carbocycles. The molecule has 2 N–H and O–H groups in total. The number of pyridine rings is 1. The third kappa shape index (κ3) is 6.82. The normalized spacial score (nSPS) is 14.7. The number of H-pyrrole nitrogens is 1. The first-order valence-corrected chi connectivity index (χ1v) is 16.4. The van der Waals surface area contributed by atoms with Gasteiger partial charge in [-0.25, -0.2) is 8.42 Å². The first kappa shape index (κ1) is 30.5. The molecule has 1 fully saturated rings. The Labute approximate surface area is 253 Å². The largest absolute Gasteiger partial charge is 0.492 e. The lowest BCUT2D eigenvalue weighted by Crippen LogP contribution is -2.42. The molecule has 43 heavy (non-hydrogen) atoms. The first-order valence-electron chi connectivity index (χ1n) is 14.0. The van der Waals surface area contributed by atoms with Crippen molar-refractivity contribution in [1.29, 1.82) is 0 Å². The minimum Gasteiger partial charge on any atom is -0.492 e. The average Bonchev–Trinajstić information content (AvgIpc) is 3.63. The maximum absolute atomic E-state index is 14.2. The van der Waals surface area contributed by atoms with Crippen molar-refractivity contribution in [2.24, 2.45) is 5.41 Å². The number of sulfonamides is 1. The Balaban J connectivity index is 1.50. The molecule has 0 spiro atoms. The number of rotatable bonds is 13. The van der Waals surface area contributed by atoms with Gasteiger partial charge in [0.2, 0.25) is 21.5 Å².